The molecule has 46 heavy (non-hydrogen) atoms. The van der Waals surface area contributed by atoms with Crippen molar-refractivity contribution in [3.05, 3.63) is 118 Å². The van der Waals surface area contributed by atoms with Gasteiger partial charge in [-0.15, -0.1) is 0 Å². The van der Waals surface area contributed by atoms with Crippen LogP contribution in [0.4, 0.5) is 40.8 Å². The molecular formula is C32H19F8N2O3P. The summed E-state index contributed by atoms with van der Waals surface area (Å²) in [6.45, 7) is -2.72. The number of halogens is 8. The quantitative estimate of drug-likeness (QED) is 0.133. The van der Waals surface area contributed by atoms with Crippen LogP contribution in [-0.2, 0) is 4.57 Å². The van der Waals surface area contributed by atoms with E-state index < -0.39 is 91.1 Å². The molecule has 3 aromatic rings. The van der Waals surface area contributed by atoms with Crippen molar-refractivity contribution in [2.75, 3.05) is 31.1 Å². The van der Waals surface area contributed by atoms with Gasteiger partial charge in [-0.2, -0.15) is 8.78 Å². The minimum atomic E-state index is -4.16. The summed E-state index contributed by atoms with van der Waals surface area (Å²) in [5, 5.41) is 12.1. The highest BCUT2D eigenvalue weighted by Gasteiger charge is 2.52. The predicted octanol–water partition coefficient (Wildman–Crippen LogP) is 4.75. The zero-order chi connectivity index (χ0) is 32.9. The van der Waals surface area contributed by atoms with Gasteiger partial charge >= 0.3 is 5.92 Å². The van der Waals surface area contributed by atoms with Crippen LogP contribution in [0.15, 0.2) is 77.6 Å². The molecule has 0 aromatic heterocycles. The van der Waals surface area contributed by atoms with Gasteiger partial charge in [0, 0.05) is 50.5 Å². The fourth-order valence-electron chi connectivity index (χ4n) is 6.29. The molecule has 0 spiro atoms. The minimum Gasteiger partial charge on any atom is -0.545 e. The predicted molar refractivity (Wildman–Crippen MR) is 151 cm³/mol. The molecule has 7 rings (SSSR count). The van der Waals surface area contributed by atoms with Crippen LogP contribution in [0.5, 0.6) is 0 Å². The first-order valence-corrected chi connectivity index (χ1v) is 15.5. The second-order valence-corrected chi connectivity index (χ2v) is 14.1. The van der Waals surface area contributed by atoms with Gasteiger partial charge in [-0.3, -0.25) is 0 Å². The molecule has 3 aromatic carbocycles. The van der Waals surface area contributed by atoms with E-state index in [-0.39, 0.29) is 38.5 Å². The third kappa shape index (κ3) is 4.39. The number of carboxylic acids is 1. The maximum absolute atomic E-state index is 15.7. The molecule has 2 fully saturated rings. The lowest BCUT2D eigenvalue weighted by molar-refractivity contribution is -0.638. The molecule has 1 aliphatic carbocycles. The molecule has 1 atom stereocenters. The van der Waals surface area contributed by atoms with Crippen LogP contribution < -0.4 is 20.6 Å². The summed E-state index contributed by atoms with van der Waals surface area (Å²) in [5.74, 6) is -17.4. The Hall–Kier alpha value is -4.51. The zero-order valence-electron chi connectivity index (χ0n) is 23.3. The monoisotopic (exact) mass is 662 g/mol. The van der Waals surface area contributed by atoms with Crippen molar-refractivity contribution in [2.24, 2.45) is 0 Å². The van der Waals surface area contributed by atoms with E-state index in [9.17, 15) is 36.2 Å². The Morgan fingerprint density at radius 1 is 0.848 bits per heavy atom. The third-order valence-electron chi connectivity index (χ3n) is 8.44. The van der Waals surface area contributed by atoms with Gasteiger partial charge in [0.05, 0.1) is 19.1 Å². The molecule has 5 nitrogen and oxygen atoms in total. The van der Waals surface area contributed by atoms with E-state index in [1.165, 1.54) is 58.0 Å². The number of carbonyl (C=O) groups excluding carboxylic acids is 1. The third-order valence-corrected chi connectivity index (χ3v) is 11.6. The van der Waals surface area contributed by atoms with E-state index in [0.29, 0.717) is 0 Å². The molecule has 2 saturated heterocycles. The molecule has 0 saturated carbocycles. The molecule has 1 unspecified atom stereocenters. The van der Waals surface area contributed by atoms with E-state index >= 15 is 13.3 Å². The lowest BCUT2D eigenvalue weighted by atomic mass is 9.86. The molecule has 4 aliphatic rings. The Morgan fingerprint density at radius 2 is 1.50 bits per heavy atom. The number of alkyl halides is 4. The van der Waals surface area contributed by atoms with Gasteiger partial charge in [-0.05, 0) is 29.3 Å². The fraction of sp³-hybridized carbons (Fsp3) is 0.188. The first-order chi connectivity index (χ1) is 21.6. The Morgan fingerprint density at radius 3 is 2.11 bits per heavy atom. The maximum Gasteiger partial charge on any atom is 0.361 e. The average Bonchev–Trinajstić information content (AvgIpc) is 3.00. The minimum absolute atomic E-state index is 0.131. The smallest absolute Gasteiger partial charge is 0.361 e. The number of nitrogens with zero attached hydrogens (tertiary/aromatic N) is 2. The van der Waals surface area contributed by atoms with Crippen molar-refractivity contribution in [1.29, 1.82) is 0 Å². The number of carboxylic acid groups (broad SMARTS) is 1. The summed E-state index contributed by atoms with van der Waals surface area (Å²) >= 11 is 0. The van der Waals surface area contributed by atoms with Crippen LogP contribution >= 0.6 is 7.14 Å². The summed E-state index contributed by atoms with van der Waals surface area (Å²) in [4.78, 5) is 13.4. The summed E-state index contributed by atoms with van der Waals surface area (Å²) < 4.78 is 132. The summed E-state index contributed by atoms with van der Waals surface area (Å²) in [6.07, 6.45) is 3.84. The average molecular weight is 662 g/mol. The number of hydrogen-bond acceptors (Lipinski definition) is 4. The van der Waals surface area contributed by atoms with E-state index in [1.807, 2.05) is 0 Å². The topological polar surface area (TPSA) is 63.4 Å². The number of hydrogen-bond donors (Lipinski definition) is 0. The van der Waals surface area contributed by atoms with Gasteiger partial charge in [0.2, 0.25) is 18.8 Å². The molecule has 3 heterocycles. The number of rotatable bonds is 4. The van der Waals surface area contributed by atoms with Crippen LogP contribution in [0.1, 0.15) is 21.5 Å². The molecule has 236 valence electrons. The Kier molecular flexibility index (Phi) is 6.55. The highest BCUT2D eigenvalue weighted by Crippen LogP contribution is 2.62. The number of carbonyl (C=O) groups is 1. The SMILES string of the molecule is O=C([O-])c1c(F)c(F)c(F)c(F)c1C1=C2C=CC(=[N+]3CC(F)(F)C3)C=C2P(=O)(c2ccccc2)c2cc(N3CC(F)(F)C3)ccc21. The van der Waals surface area contributed by atoms with Crippen LogP contribution in [0.25, 0.3) is 5.57 Å². The van der Waals surface area contributed by atoms with E-state index in [1.54, 1.807) is 18.2 Å². The second kappa shape index (κ2) is 9.99. The van der Waals surface area contributed by atoms with E-state index in [2.05, 4.69) is 0 Å². The van der Waals surface area contributed by atoms with Crippen LogP contribution in [0, 0.1) is 23.3 Å². The molecule has 14 heteroatoms. The molecule has 0 radical (unpaired) electrons. The van der Waals surface area contributed by atoms with Crippen LogP contribution in [0.3, 0.4) is 0 Å². The highest BCUT2D eigenvalue weighted by atomic mass is 31.2. The lowest BCUT2D eigenvalue weighted by Crippen LogP contribution is -2.56. The van der Waals surface area contributed by atoms with Gasteiger partial charge in [0.25, 0.3) is 5.92 Å². The standard InChI is InChI=1S/C32H19F8N2O3P/c33-26-24(25(30(43)44)27(34)29(36)28(26)35)23-19-8-6-16(41-12-31(37,38)13-41)10-21(19)46(45,18-4-2-1-3-5-18)22-11-17(7-9-20(22)23)42-14-32(39,40)15-42/h1-11H,12-15H2. The van der Waals surface area contributed by atoms with Gasteiger partial charge in [-0.1, -0.05) is 36.4 Å². The van der Waals surface area contributed by atoms with Gasteiger partial charge in [-0.25, -0.2) is 30.9 Å². The van der Waals surface area contributed by atoms with Crippen molar-refractivity contribution >= 4 is 40.7 Å². The highest BCUT2D eigenvalue weighted by molar-refractivity contribution is 7.83. The maximum atomic E-state index is 15.7. The van der Waals surface area contributed by atoms with Crippen molar-refractivity contribution in [3.63, 3.8) is 0 Å². The number of aromatic carboxylic acids is 1. The molecule has 0 N–H and O–H groups in total. The Bertz CT molecular complexity index is 2050. The fourth-order valence-corrected chi connectivity index (χ4v) is 9.37. The summed E-state index contributed by atoms with van der Waals surface area (Å²) in [6, 6.07) is 11.6. The molecule has 0 amide bonds. The van der Waals surface area contributed by atoms with Gasteiger partial charge < -0.3 is 19.4 Å². The van der Waals surface area contributed by atoms with Crippen molar-refractivity contribution in [1.82, 2.24) is 0 Å². The number of anilines is 1. The molecule has 0 bridgehead atoms. The van der Waals surface area contributed by atoms with Crippen molar-refractivity contribution in [2.45, 2.75) is 11.8 Å². The Balaban J connectivity index is 1.60. The van der Waals surface area contributed by atoms with Crippen molar-refractivity contribution in [3.8, 4) is 0 Å². The number of allylic oxidation sites excluding steroid dienone is 5. The summed E-state index contributed by atoms with van der Waals surface area (Å²) in [7, 11) is -4.16. The lowest BCUT2D eigenvalue weighted by Gasteiger charge is -2.41. The van der Waals surface area contributed by atoms with E-state index in [0.717, 1.165) is 0 Å². The van der Waals surface area contributed by atoms with Crippen LogP contribution in [0.2, 0.25) is 0 Å². The number of benzene rings is 3. The first-order valence-electron chi connectivity index (χ1n) is 13.8. The second-order valence-electron chi connectivity index (χ2n) is 11.4. The molecule has 3 aliphatic heterocycles. The van der Waals surface area contributed by atoms with Gasteiger partial charge in [0.1, 0.15) is 0 Å². The zero-order valence-corrected chi connectivity index (χ0v) is 24.2. The van der Waals surface area contributed by atoms with Gasteiger partial charge in [0.15, 0.2) is 30.4 Å². The largest absolute Gasteiger partial charge is 0.545 e. The van der Waals surface area contributed by atoms with E-state index in [4.69, 9.17) is 0 Å². The first kappa shape index (κ1) is 30.2. The number of fused-ring (bicyclic) bond motifs is 2. The van der Waals surface area contributed by atoms with Crippen molar-refractivity contribution < 1.29 is 54.2 Å². The Labute approximate surface area is 255 Å². The normalized spacial score (nSPS) is 22.5. The molecular weight excluding hydrogens is 643 g/mol. The summed E-state index contributed by atoms with van der Waals surface area (Å²) in [5.41, 5.74) is -3.39. The van der Waals surface area contributed by atoms with Crippen LogP contribution in [-0.4, -0.2) is 54.3 Å².